The summed E-state index contributed by atoms with van der Waals surface area (Å²) in [4.78, 5) is 22.7. The highest BCUT2D eigenvalue weighted by atomic mass is 16.6. The van der Waals surface area contributed by atoms with Crippen LogP contribution in [0.2, 0.25) is 0 Å². The van der Waals surface area contributed by atoms with Gasteiger partial charge in [0.15, 0.2) is 0 Å². The SMILES string of the molecule is CCCCOC(=O)N1CCCC(c2nccn2Cc2ccncc2)C1. The van der Waals surface area contributed by atoms with Crippen molar-refractivity contribution in [1.82, 2.24) is 19.4 Å². The quantitative estimate of drug-likeness (QED) is 0.755. The maximum atomic E-state index is 12.2. The molecule has 3 rings (SSSR count). The lowest BCUT2D eigenvalue weighted by Crippen LogP contribution is -2.40. The van der Waals surface area contributed by atoms with Crippen molar-refractivity contribution in [2.24, 2.45) is 0 Å². The van der Waals surface area contributed by atoms with E-state index in [0.29, 0.717) is 13.2 Å². The lowest BCUT2D eigenvalue weighted by Gasteiger charge is -2.32. The number of pyridine rings is 1. The predicted octanol–water partition coefficient (Wildman–Crippen LogP) is 3.44. The number of carbonyl (C=O) groups is 1. The van der Waals surface area contributed by atoms with E-state index < -0.39 is 0 Å². The molecule has 1 unspecified atom stereocenters. The van der Waals surface area contributed by atoms with Crippen LogP contribution in [0, 0.1) is 0 Å². The van der Waals surface area contributed by atoms with Crippen molar-refractivity contribution in [2.75, 3.05) is 19.7 Å². The lowest BCUT2D eigenvalue weighted by atomic mass is 9.97. The Morgan fingerprint density at radius 2 is 2.16 bits per heavy atom. The number of hydrogen-bond donors (Lipinski definition) is 0. The summed E-state index contributed by atoms with van der Waals surface area (Å²) in [5, 5.41) is 0. The van der Waals surface area contributed by atoms with E-state index in [9.17, 15) is 4.79 Å². The smallest absolute Gasteiger partial charge is 0.409 e. The first-order valence-corrected chi connectivity index (χ1v) is 9.09. The summed E-state index contributed by atoms with van der Waals surface area (Å²) >= 11 is 0. The van der Waals surface area contributed by atoms with Gasteiger partial charge < -0.3 is 14.2 Å². The van der Waals surface area contributed by atoms with Crippen LogP contribution in [0.3, 0.4) is 0 Å². The molecule has 1 aliphatic rings. The van der Waals surface area contributed by atoms with Gasteiger partial charge in [0.05, 0.1) is 6.61 Å². The summed E-state index contributed by atoms with van der Waals surface area (Å²) in [7, 11) is 0. The van der Waals surface area contributed by atoms with Gasteiger partial charge in [0.25, 0.3) is 0 Å². The van der Waals surface area contributed by atoms with Crippen molar-refractivity contribution in [3.63, 3.8) is 0 Å². The first-order chi connectivity index (χ1) is 12.3. The number of carbonyl (C=O) groups excluding carboxylic acids is 1. The van der Waals surface area contributed by atoms with Crippen LogP contribution in [0.5, 0.6) is 0 Å². The van der Waals surface area contributed by atoms with Crippen LogP contribution in [0.4, 0.5) is 4.79 Å². The van der Waals surface area contributed by atoms with Gasteiger partial charge in [-0.3, -0.25) is 4.98 Å². The van der Waals surface area contributed by atoms with Crippen molar-refractivity contribution >= 4 is 6.09 Å². The topological polar surface area (TPSA) is 60.2 Å². The number of imidazole rings is 1. The molecular weight excluding hydrogens is 316 g/mol. The summed E-state index contributed by atoms with van der Waals surface area (Å²) in [6.45, 7) is 4.82. The van der Waals surface area contributed by atoms with E-state index in [1.807, 2.05) is 29.4 Å². The molecule has 0 aromatic carbocycles. The van der Waals surface area contributed by atoms with Crippen molar-refractivity contribution in [3.8, 4) is 0 Å². The fourth-order valence-corrected chi connectivity index (χ4v) is 3.25. The zero-order chi connectivity index (χ0) is 17.5. The molecule has 1 saturated heterocycles. The second-order valence-electron chi connectivity index (χ2n) is 6.52. The summed E-state index contributed by atoms with van der Waals surface area (Å²) in [6.07, 6.45) is 11.2. The van der Waals surface area contributed by atoms with Gasteiger partial charge in [-0.05, 0) is 37.0 Å². The number of unbranched alkanes of at least 4 members (excludes halogenated alkanes) is 1. The first kappa shape index (κ1) is 17.5. The number of amides is 1. The minimum Gasteiger partial charge on any atom is -0.449 e. The Bertz CT molecular complexity index is 671. The molecule has 1 fully saturated rings. The first-order valence-electron chi connectivity index (χ1n) is 9.09. The van der Waals surface area contributed by atoms with Gasteiger partial charge in [-0.25, -0.2) is 9.78 Å². The normalized spacial score (nSPS) is 17.5. The Hall–Kier alpha value is -2.37. The molecule has 1 amide bonds. The Balaban J connectivity index is 1.64. The molecule has 6 heteroatoms. The average molecular weight is 342 g/mol. The van der Waals surface area contributed by atoms with Crippen molar-refractivity contribution in [1.29, 1.82) is 0 Å². The Morgan fingerprint density at radius 3 is 2.96 bits per heavy atom. The van der Waals surface area contributed by atoms with Gasteiger partial charge in [-0.15, -0.1) is 0 Å². The van der Waals surface area contributed by atoms with Crippen molar-refractivity contribution < 1.29 is 9.53 Å². The number of hydrogen-bond acceptors (Lipinski definition) is 4. The molecule has 0 radical (unpaired) electrons. The lowest BCUT2D eigenvalue weighted by molar-refractivity contribution is 0.0896. The summed E-state index contributed by atoms with van der Waals surface area (Å²) in [6, 6.07) is 4.03. The second kappa shape index (κ2) is 8.65. The van der Waals surface area contributed by atoms with Gasteiger partial charge in [-0.1, -0.05) is 13.3 Å². The van der Waals surface area contributed by atoms with Gasteiger partial charge in [-0.2, -0.15) is 0 Å². The monoisotopic (exact) mass is 342 g/mol. The van der Waals surface area contributed by atoms with Crippen LogP contribution in [0.1, 0.15) is 49.9 Å². The zero-order valence-corrected chi connectivity index (χ0v) is 14.8. The number of rotatable bonds is 6. The minimum atomic E-state index is -0.189. The number of aromatic nitrogens is 3. The molecular formula is C19H26N4O2. The van der Waals surface area contributed by atoms with E-state index in [0.717, 1.165) is 44.6 Å². The molecule has 2 aromatic rings. The molecule has 0 spiro atoms. The molecule has 134 valence electrons. The van der Waals surface area contributed by atoms with E-state index >= 15 is 0 Å². The van der Waals surface area contributed by atoms with Crippen molar-refractivity contribution in [2.45, 2.75) is 45.1 Å². The largest absolute Gasteiger partial charge is 0.449 e. The molecule has 1 atom stereocenters. The molecule has 0 N–H and O–H groups in total. The predicted molar refractivity (Wildman–Crippen MR) is 95.4 cm³/mol. The van der Waals surface area contributed by atoms with E-state index in [1.54, 1.807) is 12.4 Å². The minimum absolute atomic E-state index is 0.189. The van der Waals surface area contributed by atoms with Crippen LogP contribution in [0.15, 0.2) is 36.9 Å². The maximum absolute atomic E-state index is 12.2. The fraction of sp³-hybridized carbons (Fsp3) is 0.526. The van der Waals surface area contributed by atoms with Gasteiger partial charge in [0.2, 0.25) is 0 Å². The molecule has 6 nitrogen and oxygen atoms in total. The highest BCUT2D eigenvalue weighted by Gasteiger charge is 2.28. The molecule has 1 aliphatic heterocycles. The Labute approximate surface area is 148 Å². The molecule has 2 aromatic heterocycles. The molecule has 3 heterocycles. The summed E-state index contributed by atoms with van der Waals surface area (Å²) in [5.41, 5.74) is 1.20. The third kappa shape index (κ3) is 4.59. The fourth-order valence-electron chi connectivity index (χ4n) is 3.25. The Kier molecular flexibility index (Phi) is 6.04. The van der Waals surface area contributed by atoms with Crippen LogP contribution >= 0.6 is 0 Å². The van der Waals surface area contributed by atoms with E-state index in [1.165, 1.54) is 5.56 Å². The van der Waals surface area contributed by atoms with Crippen molar-refractivity contribution in [3.05, 3.63) is 48.3 Å². The summed E-state index contributed by atoms with van der Waals surface area (Å²) < 4.78 is 7.54. The molecule has 25 heavy (non-hydrogen) atoms. The van der Waals surface area contributed by atoms with Gasteiger partial charge in [0, 0.05) is 50.3 Å². The highest BCUT2D eigenvalue weighted by molar-refractivity contribution is 5.67. The maximum Gasteiger partial charge on any atom is 0.409 e. The second-order valence-corrected chi connectivity index (χ2v) is 6.52. The number of nitrogens with zero attached hydrogens (tertiary/aromatic N) is 4. The highest BCUT2D eigenvalue weighted by Crippen LogP contribution is 2.26. The van der Waals surface area contributed by atoms with Gasteiger partial charge in [0.1, 0.15) is 5.82 Å². The van der Waals surface area contributed by atoms with E-state index in [2.05, 4.69) is 21.5 Å². The average Bonchev–Trinajstić information content (AvgIpc) is 3.11. The van der Waals surface area contributed by atoms with E-state index in [4.69, 9.17) is 4.74 Å². The van der Waals surface area contributed by atoms with E-state index in [-0.39, 0.29) is 12.0 Å². The number of ether oxygens (including phenoxy) is 1. The zero-order valence-electron chi connectivity index (χ0n) is 14.8. The molecule has 0 aliphatic carbocycles. The van der Waals surface area contributed by atoms with Gasteiger partial charge >= 0.3 is 6.09 Å². The number of piperidine rings is 1. The molecule has 0 saturated carbocycles. The number of likely N-dealkylation sites (tertiary alicyclic amines) is 1. The van der Waals surface area contributed by atoms with Crippen LogP contribution in [-0.2, 0) is 11.3 Å². The third-order valence-electron chi connectivity index (χ3n) is 4.62. The van der Waals surface area contributed by atoms with Crippen LogP contribution < -0.4 is 0 Å². The standard InChI is InChI=1S/C19H26N4O2/c1-2-3-13-25-19(24)23-11-4-5-17(15-23)18-21-10-12-22(18)14-16-6-8-20-9-7-16/h6-10,12,17H,2-5,11,13-15H2,1H3. The van der Waals surface area contributed by atoms with Crippen LogP contribution in [-0.4, -0.2) is 45.2 Å². The third-order valence-corrected chi connectivity index (χ3v) is 4.62. The summed E-state index contributed by atoms with van der Waals surface area (Å²) in [5.74, 6) is 1.30. The molecule has 0 bridgehead atoms. The Morgan fingerprint density at radius 1 is 1.32 bits per heavy atom. The van der Waals surface area contributed by atoms with Crippen LogP contribution in [0.25, 0.3) is 0 Å².